The van der Waals surface area contributed by atoms with E-state index < -0.39 is 35.7 Å². The van der Waals surface area contributed by atoms with Gasteiger partial charge in [0, 0.05) is 17.2 Å². The predicted octanol–water partition coefficient (Wildman–Crippen LogP) is 5.34. The van der Waals surface area contributed by atoms with Gasteiger partial charge in [-0.1, -0.05) is 17.7 Å². The predicted molar refractivity (Wildman–Crippen MR) is 98.8 cm³/mol. The van der Waals surface area contributed by atoms with E-state index in [9.17, 15) is 31.1 Å². The van der Waals surface area contributed by atoms with Crippen molar-refractivity contribution in [1.82, 2.24) is 5.32 Å². The number of carbonyl (C=O) groups excluding carboxylic acids is 1. The normalized spacial score (nSPS) is 16.7. The van der Waals surface area contributed by atoms with E-state index in [1.165, 1.54) is 12.1 Å². The van der Waals surface area contributed by atoms with Gasteiger partial charge in [0.05, 0.1) is 5.02 Å². The van der Waals surface area contributed by atoms with E-state index in [4.69, 9.17) is 11.6 Å². The van der Waals surface area contributed by atoms with Crippen LogP contribution in [-0.4, -0.2) is 25.2 Å². The monoisotopic (exact) mass is 469 g/mol. The first kappa shape index (κ1) is 22.8. The summed E-state index contributed by atoms with van der Waals surface area (Å²) in [6.45, 7) is 0.371. The lowest BCUT2D eigenvalue weighted by atomic mass is 10.0. The molecule has 0 fully saturated rings. The third-order valence-electron chi connectivity index (χ3n) is 4.38. The SMILES string of the molecule is O=C(OC1CNCCc2c1ccc(Cl)c2SCc1cc(F)c(F)c(F)c1)C(F)(F)F. The first-order valence-electron chi connectivity index (χ1n) is 8.64. The maximum Gasteiger partial charge on any atom is 0.490 e. The van der Waals surface area contributed by atoms with Crippen molar-refractivity contribution in [3.05, 3.63) is 63.4 Å². The van der Waals surface area contributed by atoms with Crippen LogP contribution in [0.5, 0.6) is 0 Å². The maximum atomic E-state index is 13.4. The van der Waals surface area contributed by atoms with Crippen molar-refractivity contribution in [3.8, 4) is 0 Å². The van der Waals surface area contributed by atoms with Crippen LogP contribution in [0.25, 0.3) is 0 Å². The van der Waals surface area contributed by atoms with Gasteiger partial charge in [-0.05, 0) is 47.9 Å². The molecular formula is C19H14ClF6NO2S. The van der Waals surface area contributed by atoms with E-state index >= 15 is 0 Å². The van der Waals surface area contributed by atoms with Crippen molar-refractivity contribution in [1.29, 1.82) is 0 Å². The van der Waals surface area contributed by atoms with Crippen LogP contribution in [0.1, 0.15) is 22.8 Å². The Labute approximate surface area is 176 Å². The molecule has 1 heterocycles. The molecule has 2 aromatic carbocycles. The number of ether oxygens (including phenoxy) is 1. The van der Waals surface area contributed by atoms with Gasteiger partial charge in [-0.25, -0.2) is 18.0 Å². The lowest BCUT2D eigenvalue weighted by molar-refractivity contribution is -0.205. The summed E-state index contributed by atoms with van der Waals surface area (Å²) in [5, 5.41) is 3.19. The zero-order chi connectivity index (χ0) is 22.1. The van der Waals surface area contributed by atoms with Crippen molar-refractivity contribution in [2.45, 2.75) is 29.3 Å². The fourth-order valence-corrected chi connectivity index (χ4v) is 4.45. The van der Waals surface area contributed by atoms with Gasteiger partial charge < -0.3 is 10.1 Å². The van der Waals surface area contributed by atoms with Gasteiger partial charge in [0.15, 0.2) is 17.5 Å². The summed E-state index contributed by atoms with van der Waals surface area (Å²) in [5.41, 5.74) is 1.10. The highest BCUT2D eigenvalue weighted by Gasteiger charge is 2.43. The number of fused-ring (bicyclic) bond motifs is 1. The molecule has 1 N–H and O–H groups in total. The Morgan fingerprint density at radius 2 is 1.87 bits per heavy atom. The standard InChI is InChI=1S/C19H14ClF6NO2S/c20-12-2-1-10-11(3-4-27-7-15(10)29-18(28)19(24,25)26)17(12)30-8-9-5-13(21)16(23)14(22)6-9/h1-2,5-6,15,27H,3-4,7-8H2. The van der Waals surface area contributed by atoms with E-state index in [1.54, 1.807) is 0 Å². The van der Waals surface area contributed by atoms with Crippen LogP contribution in [0.2, 0.25) is 5.02 Å². The first-order chi connectivity index (χ1) is 14.1. The zero-order valence-corrected chi connectivity index (χ0v) is 16.7. The second-order valence-electron chi connectivity index (χ2n) is 6.45. The number of hydrogen-bond acceptors (Lipinski definition) is 4. The Balaban J connectivity index is 1.89. The van der Waals surface area contributed by atoms with Crippen LogP contribution in [-0.2, 0) is 21.7 Å². The van der Waals surface area contributed by atoms with Crippen molar-refractivity contribution in [3.63, 3.8) is 0 Å². The lowest BCUT2D eigenvalue weighted by Crippen LogP contribution is -2.30. The highest BCUT2D eigenvalue weighted by atomic mass is 35.5. The number of alkyl halides is 3. The Morgan fingerprint density at radius 3 is 2.50 bits per heavy atom. The molecule has 1 aliphatic rings. The summed E-state index contributed by atoms with van der Waals surface area (Å²) in [6, 6.07) is 4.65. The van der Waals surface area contributed by atoms with Gasteiger partial charge in [0.1, 0.15) is 6.10 Å². The summed E-state index contributed by atoms with van der Waals surface area (Å²) in [4.78, 5) is 11.8. The molecule has 0 amide bonds. The van der Waals surface area contributed by atoms with Gasteiger partial charge in [0.2, 0.25) is 0 Å². The minimum atomic E-state index is -5.13. The van der Waals surface area contributed by atoms with Gasteiger partial charge in [-0.2, -0.15) is 13.2 Å². The molecule has 0 spiro atoms. The molecule has 0 bridgehead atoms. The average molecular weight is 470 g/mol. The number of hydrogen-bond donors (Lipinski definition) is 1. The highest BCUT2D eigenvalue weighted by Crippen LogP contribution is 2.39. The van der Waals surface area contributed by atoms with E-state index in [2.05, 4.69) is 10.1 Å². The highest BCUT2D eigenvalue weighted by molar-refractivity contribution is 7.98. The molecule has 0 aromatic heterocycles. The summed E-state index contributed by atoms with van der Waals surface area (Å²) in [6.07, 6.45) is -5.94. The van der Waals surface area contributed by atoms with Gasteiger partial charge in [-0.3, -0.25) is 0 Å². The quantitative estimate of drug-likeness (QED) is 0.284. The number of carbonyl (C=O) groups is 1. The fraction of sp³-hybridized carbons (Fsp3) is 0.316. The van der Waals surface area contributed by atoms with E-state index in [0.717, 1.165) is 23.9 Å². The number of benzene rings is 2. The first-order valence-corrected chi connectivity index (χ1v) is 10.00. The summed E-state index contributed by atoms with van der Waals surface area (Å²) in [5.74, 6) is -6.50. The second kappa shape index (κ2) is 9.07. The Hall–Kier alpha value is -1.91. The fourth-order valence-electron chi connectivity index (χ4n) is 3.03. The molecule has 1 atom stereocenters. The third kappa shape index (κ3) is 5.04. The van der Waals surface area contributed by atoms with Gasteiger partial charge in [0.25, 0.3) is 0 Å². The van der Waals surface area contributed by atoms with Crippen LogP contribution in [0.15, 0.2) is 29.2 Å². The number of esters is 1. The molecule has 162 valence electrons. The average Bonchev–Trinajstić information content (AvgIpc) is 2.86. The van der Waals surface area contributed by atoms with Gasteiger partial charge >= 0.3 is 12.1 Å². The largest absolute Gasteiger partial charge is 0.490 e. The van der Waals surface area contributed by atoms with Crippen LogP contribution in [0, 0.1) is 17.5 Å². The van der Waals surface area contributed by atoms with Crippen LogP contribution in [0.3, 0.4) is 0 Å². The smallest absolute Gasteiger partial charge is 0.449 e. The number of halogens is 7. The minimum absolute atomic E-state index is 0.0189. The molecular weight excluding hydrogens is 456 g/mol. The molecule has 1 unspecified atom stereocenters. The molecule has 0 saturated carbocycles. The number of thioether (sulfide) groups is 1. The summed E-state index contributed by atoms with van der Waals surface area (Å²) < 4.78 is 82.5. The van der Waals surface area contributed by atoms with E-state index in [-0.39, 0.29) is 22.9 Å². The van der Waals surface area contributed by atoms with Crippen molar-refractivity contribution >= 4 is 29.3 Å². The molecule has 30 heavy (non-hydrogen) atoms. The number of rotatable bonds is 4. The molecule has 2 aromatic rings. The maximum absolute atomic E-state index is 13.4. The lowest BCUT2D eigenvalue weighted by Gasteiger charge is -2.21. The Kier molecular flexibility index (Phi) is 6.88. The molecule has 3 nitrogen and oxygen atoms in total. The van der Waals surface area contributed by atoms with E-state index in [0.29, 0.717) is 29.0 Å². The summed E-state index contributed by atoms with van der Waals surface area (Å²) >= 11 is 7.35. The Bertz CT molecular complexity index is 946. The Morgan fingerprint density at radius 1 is 1.20 bits per heavy atom. The molecule has 3 rings (SSSR count). The van der Waals surface area contributed by atoms with Crippen LogP contribution >= 0.6 is 23.4 Å². The van der Waals surface area contributed by atoms with Crippen molar-refractivity contribution in [2.24, 2.45) is 0 Å². The van der Waals surface area contributed by atoms with Crippen LogP contribution in [0.4, 0.5) is 26.3 Å². The summed E-state index contributed by atoms with van der Waals surface area (Å²) in [7, 11) is 0. The topological polar surface area (TPSA) is 38.3 Å². The minimum Gasteiger partial charge on any atom is -0.449 e. The molecule has 0 aliphatic carbocycles. The molecule has 0 radical (unpaired) electrons. The molecule has 11 heteroatoms. The van der Waals surface area contributed by atoms with Crippen LogP contribution < -0.4 is 5.32 Å². The van der Waals surface area contributed by atoms with E-state index in [1.807, 2.05) is 0 Å². The van der Waals surface area contributed by atoms with Crippen molar-refractivity contribution < 1.29 is 35.9 Å². The zero-order valence-electron chi connectivity index (χ0n) is 15.1. The van der Waals surface area contributed by atoms with Gasteiger partial charge in [-0.15, -0.1) is 11.8 Å². The second-order valence-corrected chi connectivity index (χ2v) is 7.85. The molecule has 0 saturated heterocycles. The number of nitrogens with one attached hydrogen (secondary N) is 1. The third-order valence-corrected chi connectivity index (χ3v) is 6.04. The molecule has 1 aliphatic heterocycles. The van der Waals surface area contributed by atoms with Crippen molar-refractivity contribution in [2.75, 3.05) is 13.1 Å².